The number of aromatic nitrogens is 4. The molecule has 0 spiro atoms. The molecule has 19 heavy (non-hydrogen) atoms. The van der Waals surface area contributed by atoms with Crippen LogP contribution in [-0.2, 0) is 0 Å². The van der Waals surface area contributed by atoms with Gasteiger partial charge in [-0.1, -0.05) is 12.1 Å². The van der Waals surface area contributed by atoms with Crippen LogP contribution in [0.2, 0.25) is 5.28 Å². The molecule has 0 bridgehead atoms. The number of imidazole rings is 1. The molecule has 1 aromatic carbocycles. The van der Waals surface area contributed by atoms with Gasteiger partial charge >= 0.3 is 0 Å². The van der Waals surface area contributed by atoms with Gasteiger partial charge in [0.25, 0.3) is 0 Å². The van der Waals surface area contributed by atoms with E-state index >= 15 is 0 Å². The van der Waals surface area contributed by atoms with E-state index in [9.17, 15) is 0 Å². The van der Waals surface area contributed by atoms with Crippen molar-refractivity contribution in [3.63, 3.8) is 0 Å². The maximum Gasteiger partial charge on any atom is 0.226 e. The first-order valence-electron chi connectivity index (χ1n) is 5.85. The number of hydrogen-bond acceptors (Lipinski definition) is 4. The molecule has 3 aromatic rings. The second kappa shape index (κ2) is 4.51. The van der Waals surface area contributed by atoms with Crippen molar-refractivity contribution in [1.82, 2.24) is 19.9 Å². The van der Waals surface area contributed by atoms with Crippen molar-refractivity contribution in [2.75, 3.05) is 5.32 Å². The van der Waals surface area contributed by atoms with Crippen LogP contribution in [0.25, 0.3) is 11.2 Å². The molecule has 2 aromatic heterocycles. The van der Waals surface area contributed by atoms with Crippen molar-refractivity contribution in [2.24, 2.45) is 0 Å². The number of nitrogens with one attached hydrogen (secondary N) is 2. The molecule has 0 saturated heterocycles. The van der Waals surface area contributed by atoms with E-state index in [1.165, 1.54) is 11.1 Å². The van der Waals surface area contributed by atoms with Gasteiger partial charge in [-0.25, -0.2) is 4.98 Å². The molecular formula is C13H12ClN5. The van der Waals surface area contributed by atoms with Crippen LogP contribution in [0.15, 0.2) is 24.5 Å². The predicted octanol–water partition coefficient (Wildman–Crippen LogP) is 3.37. The fraction of sp³-hybridized carbons (Fsp3) is 0.154. The number of H-pyrrole nitrogens is 1. The minimum absolute atomic E-state index is 0.174. The topological polar surface area (TPSA) is 66.5 Å². The molecule has 0 fully saturated rings. The number of halogens is 1. The summed E-state index contributed by atoms with van der Waals surface area (Å²) in [7, 11) is 0. The van der Waals surface area contributed by atoms with E-state index in [4.69, 9.17) is 11.6 Å². The lowest BCUT2D eigenvalue weighted by atomic mass is 10.1. The van der Waals surface area contributed by atoms with Crippen molar-refractivity contribution in [2.45, 2.75) is 13.8 Å². The third kappa shape index (κ3) is 2.13. The van der Waals surface area contributed by atoms with E-state index < -0.39 is 0 Å². The maximum atomic E-state index is 5.90. The zero-order chi connectivity index (χ0) is 13.4. The van der Waals surface area contributed by atoms with E-state index in [0.29, 0.717) is 11.5 Å². The van der Waals surface area contributed by atoms with Crippen LogP contribution in [0.5, 0.6) is 0 Å². The summed E-state index contributed by atoms with van der Waals surface area (Å²) >= 11 is 5.90. The summed E-state index contributed by atoms with van der Waals surface area (Å²) in [5, 5.41) is 3.45. The van der Waals surface area contributed by atoms with E-state index in [2.05, 4.69) is 45.2 Å². The van der Waals surface area contributed by atoms with Crippen LogP contribution in [0, 0.1) is 13.8 Å². The molecule has 3 rings (SSSR count). The Kier molecular flexibility index (Phi) is 2.83. The van der Waals surface area contributed by atoms with Gasteiger partial charge in [0.15, 0.2) is 11.5 Å². The lowest BCUT2D eigenvalue weighted by molar-refractivity contribution is 1.19. The predicted molar refractivity (Wildman–Crippen MR) is 75.9 cm³/mol. The smallest absolute Gasteiger partial charge is 0.226 e. The van der Waals surface area contributed by atoms with Gasteiger partial charge in [-0.15, -0.1) is 0 Å². The van der Waals surface area contributed by atoms with E-state index in [1.807, 2.05) is 12.1 Å². The molecule has 0 aliphatic rings. The number of fused-ring (bicyclic) bond motifs is 1. The van der Waals surface area contributed by atoms with E-state index in [0.717, 1.165) is 11.2 Å². The molecule has 0 amide bonds. The molecule has 0 aliphatic heterocycles. The van der Waals surface area contributed by atoms with Gasteiger partial charge in [0.05, 0.1) is 6.33 Å². The minimum atomic E-state index is 0.174. The lowest BCUT2D eigenvalue weighted by Crippen LogP contribution is -1.99. The lowest BCUT2D eigenvalue weighted by Gasteiger charge is -2.11. The van der Waals surface area contributed by atoms with Crippen LogP contribution in [-0.4, -0.2) is 19.9 Å². The fourth-order valence-corrected chi connectivity index (χ4v) is 2.08. The summed E-state index contributed by atoms with van der Waals surface area (Å²) in [6.45, 7) is 4.13. The van der Waals surface area contributed by atoms with Gasteiger partial charge in [0.2, 0.25) is 5.28 Å². The Morgan fingerprint density at radius 3 is 2.89 bits per heavy atom. The highest BCUT2D eigenvalue weighted by molar-refractivity contribution is 6.28. The molecule has 6 heteroatoms. The third-order valence-corrected chi connectivity index (χ3v) is 3.29. The van der Waals surface area contributed by atoms with Gasteiger partial charge in [-0.2, -0.15) is 9.97 Å². The van der Waals surface area contributed by atoms with Crippen molar-refractivity contribution in [3.8, 4) is 0 Å². The molecule has 0 radical (unpaired) electrons. The Morgan fingerprint density at radius 1 is 1.21 bits per heavy atom. The zero-order valence-corrected chi connectivity index (χ0v) is 11.3. The maximum absolute atomic E-state index is 5.90. The Balaban J connectivity index is 2.10. The summed E-state index contributed by atoms with van der Waals surface area (Å²) in [5.41, 5.74) is 4.67. The van der Waals surface area contributed by atoms with Gasteiger partial charge in [0.1, 0.15) is 5.52 Å². The molecule has 0 atom stereocenters. The number of hydrogen-bond donors (Lipinski definition) is 2. The van der Waals surface area contributed by atoms with Crippen LogP contribution >= 0.6 is 11.6 Å². The highest BCUT2D eigenvalue weighted by Crippen LogP contribution is 2.25. The highest BCUT2D eigenvalue weighted by Gasteiger charge is 2.10. The van der Waals surface area contributed by atoms with Gasteiger partial charge in [-0.3, -0.25) is 0 Å². The monoisotopic (exact) mass is 273 g/mol. The number of aromatic amines is 1. The molecule has 0 aliphatic carbocycles. The van der Waals surface area contributed by atoms with Crippen LogP contribution in [0.1, 0.15) is 11.1 Å². The zero-order valence-electron chi connectivity index (χ0n) is 10.5. The second-order valence-electron chi connectivity index (χ2n) is 4.31. The van der Waals surface area contributed by atoms with Crippen molar-refractivity contribution >= 4 is 34.3 Å². The number of aryl methyl sites for hydroxylation is 1. The summed E-state index contributed by atoms with van der Waals surface area (Å²) in [5.74, 6) is 0.626. The first kappa shape index (κ1) is 11.9. The summed E-state index contributed by atoms with van der Waals surface area (Å²) in [4.78, 5) is 15.4. The SMILES string of the molecule is Cc1cccc(Nc2nc(Cl)nc3nc[nH]c23)c1C. The van der Waals surface area contributed by atoms with Crippen LogP contribution in [0.3, 0.4) is 0 Å². The molecule has 0 saturated carbocycles. The number of benzene rings is 1. The summed E-state index contributed by atoms with van der Waals surface area (Å²) in [6.07, 6.45) is 1.57. The molecular weight excluding hydrogens is 262 g/mol. The van der Waals surface area contributed by atoms with E-state index in [-0.39, 0.29) is 5.28 Å². The second-order valence-corrected chi connectivity index (χ2v) is 4.65. The number of nitrogens with zero attached hydrogens (tertiary/aromatic N) is 3. The summed E-state index contributed by atoms with van der Waals surface area (Å²) < 4.78 is 0. The van der Waals surface area contributed by atoms with Gasteiger partial charge in [-0.05, 0) is 42.6 Å². The fourth-order valence-electron chi connectivity index (χ4n) is 1.91. The third-order valence-electron chi connectivity index (χ3n) is 3.12. The Morgan fingerprint density at radius 2 is 2.05 bits per heavy atom. The normalized spacial score (nSPS) is 10.9. The average molecular weight is 274 g/mol. The minimum Gasteiger partial charge on any atom is -0.340 e. The Bertz CT molecular complexity index is 750. The quantitative estimate of drug-likeness (QED) is 0.703. The number of rotatable bonds is 2. The Labute approximate surface area is 115 Å². The van der Waals surface area contributed by atoms with Gasteiger partial charge in [0, 0.05) is 5.69 Å². The van der Waals surface area contributed by atoms with Crippen molar-refractivity contribution < 1.29 is 0 Å². The van der Waals surface area contributed by atoms with Gasteiger partial charge < -0.3 is 10.3 Å². The van der Waals surface area contributed by atoms with Crippen LogP contribution < -0.4 is 5.32 Å². The van der Waals surface area contributed by atoms with Crippen LogP contribution in [0.4, 0.5) is 11.5 Å². The first-order chi connectivity index (χ1) is 9.15. The Hall–Kier alpha value is -2.14. The molecule has 0 unspecified atom stereocenters. The first-order valence-corrected chi connectivity index (χ1v) is 6.23. The standard InChI is InChI=1S/C13H12ClN5/c1-7-4-3-5-9(8(7)2)17-12-10-11(16-6-15-10)18-13(14)19-12/h3-6H,1-2H3,(H2,15,16,17,18,19). The highest BCUT2D eigenvalue weighted by atomic mass is 35.5. The average Bonchev–Trinajstić information content (AvgIpc) is 2.83. The number of anilines is 2. The molecule has 2 N–H and O–H groups in total. The molecule has 2 heterocycles. The van der Waals surface area contributed by atoms with E-state index in [1.54, 1.807) is 6.33 Å². The summed E-state index contributed by atoms with van der Waals surface area (Å²) in [6, 6.07) is 6.07. The van der Waals surface area contributed by atoms with Crippen molar-refractivity contribution in [3.05, 3.63) is 40.9 Å². The molecule has 96 valence electrons. The van der Waals surface area contributed by atoms with Crippen molar-refractivity contribution in [1.29, 1.82) is 0 Å². The largest absolute Gasteiger partial charge is 0.340 e. The molecule has 5 nitrogen and oxygen atoms in total.